The zero-order chi connectivity index (χ0) is 28.4. The van der Waals surface area contributed by atoms with Crippen molar-refractivity contribution in [3.05, 3.63) is 57.7 Å². The number of aryl methyl sites for hydroxylation is 2. The summed E-state index contributed by atoms with van der Waals surface area (Å²) in [5, 5.41) is 23.0. The minimum Gasteiger partial charge on any atom is -0.406 e. The lowest BCUT2D eigenvalue weighted by molar-refractivity contribution is -0.274. The molecule has 40 heavy (non-hydrogen) atoms. The van der Waals surface area contributed by atoms with E-state index in [1.807, 2.05) is 0 Å². The second-order valence-electron chi connectivity index (χ2n) is 9.34. The molecule has 0 unspecified atom stereocenters. The van der Waals surface area contributed by atoms with Gasteiger partial charge in [-0.1, -0.05) is 23.5 Å². The van der Waals surface area contributed by atoms with Crippen LogP contribution in [0.3, 0.4) is 0 Å². The molecule has 2 amide bonds. The summed E-state index contributed by atoms with van der Waals surface area (Å²) in [6.07, 6.45) is 0.535. The van der Waals surface area contributed by atoms with Crippen LogP contribution in [0, 0.1) is 0 Å². The van der Waals surface area contributed by atoms with E-state index in [1.54, 1.807) is 12.1 Å². The number of unbranched alkanes of at least 4 members (excludes halogenated alkanes) is 1. The van der Waals surface area contributed by atoms with Crippen molar-refractivity contribution in [3.63, 3.8) is 0 Å². The number of aromatic nitrogens is 4. The number of nitrogens with one attached hydrogen (secondary N) is 2. The van der Waals surface area contributed by atoms with Gasteiger partial charge < -0.3 is 20.3 Å². The third kappa shape index (κ3) is 9.83. The van der Waals surface area contributed by atoms with E-state index in [9.17, 15) is 22.8 Å². The van der Waals surface area contributed by atoms with Gasteiger partial charge in [0.1, 0.15) is 10.8 Å². The summed E-state index contributed by atoms with van der Waals surface area (Å²) in [5.74, 6) is -0.767. The number of nitrogens with zero attached hydrogens (tertiary/aromatic N) is 5. The van der Waals surface area contributed by atoms with Gasteiger partial charge in [0.25, 0.3) is 5.91 Å². The predicted octanol–water partition coefficient (Wildman–Crippen LogP) is 3.80. The van der Waals surface area contributed by atoms with E-state index in [0.717, 1.165) is 49.2 Å². The van der Waals surface area contributed by atoms with E-state index >= 15 is 0 Å². The molecule has 1 saturated heterocycles. The lowest BCUT2D eigenvalue weighted by atomic mass is 10.1. The van der Waals surface area contributed by atoms with Crippen molar-refractivity contribution >= 4 is 29.0 Å². The van der Waals surface area contributed by atoms with Crippen LogP contribution >= 0.6 is 11.3 Å². The Morgan fingerprint density at radius 1 is 1.00 bits per heavy atom. The second-order valence-corrected chi connectivity index (χ2v) is 10.4. The van der Waals surface area contributed by atoms with Crippen LogP contribution in [0.1, 0.15) is 51.8 Å². The average Bonchev–Trinajstić information content (AvgIpc) is 3.59. The molecular weight excluding hydrogens is 547 g/mol. The van der Waals surface area contributed by atoms with Crippen LogP contribution in [0.25, 0.3) is 0 Å². The number of halogens is 3. The van der Waals surface area contributed by atoms with Crippen LogP contribution in [-0.2, 0) is 24.1 Å². The largest absolute Gasteiger partial charge is 0.573 e. The highest BCUT2D eigenvalue weighted by Gasteiger charge is 2.31. The Kier molecular flexibility index (Phi) is 10.4. The van der Waals surface area contributed by atoms with Gasteiger partial charge in [0.15, 0.2) is 5.82 Å². The molecule has 14 heteroatoms. The van der Waals surface area contributed by atoms with E-state index in [1.165, 1.54) is 42.4 Å². The first kappa shape index (κ1) is 29.3. The number of hydrogen-bond acceptors (Lipinski definition) is 9. The zero-order valence-corrected chi connectivity index (χ0v) is 22.6. The van der Waals surface area contributed by atoms with Gasteiger partial charge >= 0.3 is 6.36 Å². The normalized spacial score (nSPS) is 13.8. The summed E-state index contributed by atoms with van der Waals surface area (Å²) >= 11 is 1.31. The fraction of sp³-hybridized carbons (Fsp3) is 0.462. The molecule has 4 rings (SSSR count). The number of ether oxygens (including phenoxy) is 1. The molecule has 0 spiro atoms. The first-order valence-electron chi connectivity index (χ1n) is 13.0. The number of likely N-dealkylation sites (tertiary alicyclic amines) is 1. The summed E-state index contributed by atoms with van der Waals surface area (Å²) in [7, 11) is 0. The summed E-state index contributed by atoms with van der Waals surface area (Å²) < 4.78 is 41.1. The first-order valence-corrected chi connectivity index (χ1v) is 13.9. The molecule has 2 aromatic heterocycles. The number of hydrogen-bond donors (Lipinski definition) is 2. The highest BCUT2D eigenvalue weighted by atomic mass is 32.1. The Morgan fingerprint density at radius 3 is 2.55 bits per heavy atom. The Morgan fingerprint density at radius 2 is 1.80 bits per heavy atom. The van der Waals surface area contributed by atoms with Gasteiger partial charge in [-0.15, -0.1) is 28.5 Å². The Labute approximate surface area is 233 Å². The molecule has 1 aromatic carbocycles. The minimum absolute atomic E-state index is 0.147. The number of alkyl halides is 3. The van der Waals surface area contributed by atoms with E-state index in [2.05, 4.69) is 40.7 Å². The molecule has 3 aromatic rings. The zero-order valence-electron chi connectivity index (χ0n) is 21.7. The molecule has 2 N–H and O–H groups in total. The molecule has 1 aliphatic rings. The van der Waals surface area contributed by atoms with Crippen molar-refractivity contribution in [2.45, 2.75) is 51.3 Å². The van der Waals surface area contributed by atoms with Crippen LogP contribution in [0.4, 0.5) is 19.0 Å². The topological polar surface area (TPSA) is 122 Å². The molecule has 10 nitrogen and oxygen atoms in total. The van der Waals surface area contributed by atoms with E-state index in [4.69, 9.17) is 0 Å². The van der Waals surface area contributed by atoms with Crippen LogP contribution in [0.2, 0.25) is 0 Å². The van der Waals surface area contributed by atoms with Gasteiger partial charge in [-0.2, -0.15) is 5.10 Å². The smallest absolute Gasteiger partial charge is 0.406 e. The number of anilines is 1. The molecule has 1 aliphatic heterocycles. The monoisotopic (exact) mass is 577 g/mol. The van der Waals surface area contributed by atoms with Crippen molar-refractivity contribution in [3.8, 4) is 5.75 Å². The molecule has 214 valence electrons. The van der Waals surface area contributed by atoms with Crippen LogP contribution in [0.15, 0.2) is 36.4 Å². The lowest BCUT2D eigenvalue weighted by Crippen LogP contribution is -2.33. The average molecular weight is 578 g/mol. The predicted molar refractivity (Wildman–Crippen MR) is 142 cm³/mol. The maximum atomic E-state index is 12.4. The summed E-state index contributed by atoms with van der Waals surface area (Å²) in [4.78, 5) is 26.9. The van der Waals surface area contributed by atoms with E-state index in [0.29, 0.717) is 30.0 Å². The van der Waals surface area contributed by atoms with E-state index in [-0.39, 0.29) is 23.9 Å². The maximum absolute atomic E-state index is 12.4. The number of carbonyl (C=O) groups is 2. The van der Waals surface area contributed by atoms with Gasteiger partial charge in [-0.05, 0) is 75.0 Å². The fourth-order valence-electron chi connectivity index (χ4n) is 4.22. The molecular formula is C26H30F3N7O3S. The Balaban J connectivity index is 1.13. The molecule has 0 radical (unpaired) electrons. The van der Waals surface area contributed by atoms with Crippen molar-refractivity contribution in [1.29, 1.82) is 0 Å². The molecule has 1 fully saturated rings. The van der Waals surface area contributed by atoms with Gasteiger partial charge in [-0.3, -0.25) is 9.59 Å². The third-order valence-electron chi connectivity index (χ3n) is 6.13. The second kappa shape index (κ2) is 14.1. The number of benzene rings is 1. The van der Waals surface area contributed by atoms with Gasteiger partial charge in [0.2, 0.25) is 10.9 Å². The number of carbonyl (C=O) groups excluding carboxylic acids is 2. The van der Waals surface area contributed by atoms with Crippen LogP contribution in [-0.4, -0.2) is 69.7 Å². The van der Waals surface area contributed by atoms with Gasteiger partial charge in [-0.25, -0.2) is 0 Å². The SMILES string of the molecule is O=C(Cc1cccc(OC(F)(F)F)c1)Nc1ccc(CCCCc2nnc(C(=O)NCCN3CCCC3)s2)nn1. The van der Waals surface area contributed by atoms with Crippen molar-refractivity contribution in [1.82, 2.24) is 30.6 Å². The fourth-order valence-corrected chi connectivity index (χ4v) is 5.02. The van der Waals surface area contributed by atoms with Crippen molar-refractivity contribution in [2.24, 2.45) is 0 Å². The van der Waals surface area contributed by atoms with Crippen LogP contribution < -0.4 is 15.4 Å². The van der Waals surface area contributed by atoms with Crippen molar-refractivity contribution < 1.29 is 27.5 Å². The highest BCUT2D eigenvalue weighted by molar-refractivity contribution is 7.13. The molecule has 0 saturated carbocycles. The Hall–Kier alpha value is -3.65. The summed E-state index contributed by atoms with van der Waals surface area (Å²) in [6.45, 7) is 3.64. The first-order chi connectivity index (χ1) is 19.2. The molecule has 0 atom stereocenters. The lowest BCUT2D eigenvalue weighted by Gasteiger charge is -2.13. The third-order valence-corrected chi connectivity index (χ3v) is 7.11. The van der Waals surface area contributed by atoms with Gasteiger partial charge in [0, 0.05) is 19.5 Å². The van der Waals surface area contributed by atoms with E-state index < -0.39 is 12.3 Å². The molecule has 3 heterocycles. The van der Waals surface area contributed by atoms with Crippen LogP contribution in [0.5, 0.6) is 5.75 Å². The van der Waals surface area contributed by atoms with Crippen molar-refractivity contribution in [2.75, 3.05) is 31.5 Å². The molecule has 0 aliphatic carbocycles. The highest BCUT2D eigenvalue weighted by Crippen LogP contribution is 2.23. The summed E-state index contributed by atoms with van der Waals surface area (Å²) in [5.41, 5.74) is 1.12. The summed E-state index contributed by atoms with van der Waals surface area (Å²) in [6, 6.07) is 8.64. The molecule has 0 bridgehead atoms. The number of rotatable bonds is 13. The number of amides is 2. The minimum atomic E-state index is -4.80. The standard InChI is InChI=1S/C26H30F3N7O3S/c27-26(28,29)39-20-8-5-6-18(16-20)17-22(37)31-21-11-10-19(32-33-21)7-1-2-9-23-34-35-25(40-23)24(38)30-12-15-36-13-3-4-14-36/h5-6,8,10-11,16H,1-4,7,9,12-15,17H2,(H,30,38)(H,31,33,37). The van der Waals surface area contributed by atoms with Gasteiger partial charge in [0.05, 0.1) is 12.1 Å². The quantitative estimate of drug-likeness (QED) is 0.294. The Bertz CT molecular complexity index is 1260. The maximum Gasteiger partial charge on any atom is 0.573 e.